The van der Waals surface area contributed by atoms with Gasteiger partial charge in [-0.1, -0.05) is 30.4 Å². The summed E-state index contributed by atoms with van der Waals surface area (Å²) in [6, 6.07) is 8.29. The quantitative estimate of drug-likeness (QED) is 0.619. The molecule has 0 fully saturated rings. The van der Waals surface area contributed by atoms with Crippen LogP contribution in [0.2, 0.25) is 0 Å². The average Bonchev–Trinajstić information content (AvgIpc) is 2.93. The zero-order chi connectivity index (χ0) is 17.7. The van der Waals surface area contributed by atoms with Gasteiger partial charge in [0.1, 0.15) is 11.3 Å². The Bertz CT molecular complexity index is 1300. The Morgan fingerprint density at radius 3 is 2.81 bits per heavy atom. The molecule has 1 aliphatic rings. The van der Waals surface area contributed by atoms with Crippen molar-refractivity contribution in [3.8, 4) is 0 Å². The van der Waals surface area contributed by atoms with Crippen molar-refractivity contribution in [3.05, 3.63) is 88.4 Å². The van der Waals surface area contributed by atoms with Crippen molar-refractivity contribution in [3.63, 3.8) is 0 Å². The van der Waals surface area contributed by atoms with Crippen molar-refractivity contribution < 1.29 is 4.39 Å². The van der Waals surface area contributed by atoms with Gasteiger partial charge in [-0.2, -0.15) is 0 Å². The smallest absolute Gasteiger partial charge is 0.248 e. The fourth-order valence-electron chi connectivity index (χ4n) is 3.35. The molecule has 26 heavy (non-hydrogen) atoms. The summed E-state index contributed by atoms with van der Waals surface area (Å²) in [4.78, 5) is 23.5. The zero-order valence-corrected chi connectivity index (χ0v) is 13.6. The van der Waals surface area contributed by atoms with Crippen LogP contribution in [0.1, 0.15) is 11.3 Å². The fourth-order valence-corrected chi connectivity index (χ4v) is 3.35. The number of pyridine rings is 1. The van der Waals surface area contributed by atoms with Crippen molar-refractivity contribution in [2.45, 2.75) is 6.54 Å². The number of fused-ring (bicyclic) bond motifs is 2. The van der Waals surface area contributed by atoms with Crippen LogP contribution in [-0.2, 0) is 6.54 Å². The lowest BCUT2D eigenvalue weighted by atomic mass is 10.0. The van der Waals surface area contributed by atoms with Crippen LogP contribution in [0.3, 0.4) is 0 Å². The summed E-state index contributed by atoms with van der Waals surface area (Å²) in [6.45, 7) is 0.395. The molecule has 1 aliphatic carbocycles. The lowest BCUT2D eigenvalue weighted by molar-refractivity contribution is 0.636. The van der Waals surface area contributed by atoms with Gasteiger partial charge in [0.25, 0.3) is 0 Å². The van der Waals surface area contributed by atoms with Gasteiger partial charge in [-0.25, -0.2) is 9.37 Å². The number of H-pyrrole nitrogens is 1. The Morgan fingerprint density at radius 2 is 2.00 bits per heavy atom. The van der Waals surface area contributed by atoms with Gasteiger partial charge in [0.15, 0.2) is 5.65 Å². The summed E-state index contributed by atoms with van der Waals surface area (Å²) in [7, 11) is 0. The maximum Gasteiger partial charge on any atom is 0.248 e. The normalized spacial score (nSPS) is 13.2. The minimum atomic E-state index is -0.441. The molecule has 3 heterocycles. The van der Waals surface area contributed by atoms with Crippen LogP contribution in [0.25, 0.3) is 27.6 Å². The minimum Gasteiger partial charge on any atom is -0.319 e. The van der Waals surface area contributed by atoms with Gasteiger partial charge in [0.2, 0.25) is 5.56 Å². The van der Waals surface area contributed by atoms with Crippen molar-refractivity contribution in [1.29, 1.82) is 0 Å². The first kappa shape index (κ1) is 14.8. The van der Waals surface area contributed by atoms with Gasteiger partial charge >= 0.3 is 0 Å². The third kappa shape index (κ3) is 2.19. The first-order valence-electron chi connectivity index (χ1n) is 8.20. The highest BCUT2D eigenvalue weighted by Gasteiger charge is 2.17. The molecule has 0 spiro atoms. The molecule has 0 atom stereocenters. The zero-order valence-electron chi connectivity index (χ0n) is 13.6. The van der Waals surface area contributed by atoms with Crippen LogP contribution < -0.4 is 5.56 Å². The average molecular weight is 344 g/mol. The molecule has 0 unspecified atom stereocenters. The molecule has 5 rings (SSSR count). The lowest BCUT2D eigenvalue weighted by Gasteiger charge is -2.14. The second kappa shape index (κ2) is 5.49. The van der Waals surface area contributed by atoms with Gasteiger partial charge in [-0.05, 0) is 23.3 Å². The van der Waals surface area contributed by atoms with E-state index in [9.17, 15) is 9.18 Å². The number of aromatic amines is 1. The van der Waals surface area contributed by atoms with Crippen molar-refractivity contribution in [2.24, 2.45) is 0 Å². The summed E-state index contributed by atoms with van der Waals surface area (Å²) in [6.07, 6.45) is 9.29. The Kier molecular flexibility index (Phi) is 3.12. The summed E-state index contributed by atoms with van der Waals surface area (Å²) in [5, 5.41) is 0.680. The van der Waals surface area contributed by atoms with E-state index in [2.05, 4.69) is 15.0 Å². The highest BCUT2D eigenvalue weighted by molar-refractivity contribution is 5.87. The molecule has 0 amide bonds. The number of hydrogen-bond donors (Lipinski definition) is 1. The van der Waals surface area contributed by atoms with E-state index in [0.29, 0.717) is 11.9 Å². The Morgan fingerprint density at radius 1 is 1.15 bits per heavy atom. The predicted molar refractivity (Wildman–Crippen MR) is 98.3 cm³/mol. The molecule has 0 radical (unpaired) electrons. The molecule has 0 aliphatic heterocycles. The third-order valence-corrected chi connectivity index (χ3v) is 4.61. The maximum absolute atomic E-state index is 14.1. The minimum absolute atomic E-state index is 0.224. The van der Waals surface area contributed by atoms with E-state index in [4.69, 9.17) is 0 Å². The lowest BCUT2D eigenvalue weighted by Crippen LogP contribution is -2.12. The molecular formula is C20H13FN4O. The van der Waals surface area contributed by atoms with E-state index in [1.165, 1.54) is 12.1 Å². The monoisotopic (exact) mass is 344 g/mol. The van der Waals surface area contributed by atoms with Crippen molar-refractivity contribution in [1.82, 2.24) is 19.5 Å². The first-order chi connectivity index (χ1) is 12.7. The Balaban J connectivity index is 1.75. The molecule has 5 nitrogen and oxygen atoms in total. The highest BCUT2D eigenvalue weighted by Crippen LogP contribution is 2.29. The summed E-state index contributed by atoms with van der Waals surface area (Å²) < 4.78 is 16.1. The van der Waals surface area contributed by atoms with E-state index < -0.39 is 5.82 Å². The molecule has 0 bridgehead atoms. The molecule has 1 N–H and O–H groups in total. The number of nitrogens with zero attached hydrogens (tertiary/aromatic N) is 3. The molecule has 0 saturated carbocycles. The largest absolute Gasteiger partial charge is 0.319 e. The van der Waals surface area contributed by atoms with Crippen LogP contribution in [0, 0.1) is 5.82 Å². The van der Waals surface area contributed by atoms with Crippen LogP contribution in [-0.4, -0.2) is 19.5 Å². The van der Waals surface area contributed by atoms with Gasteiger partial charge in [-0.15, -0.1) is 0 Å². The van der Waals surface area contributed by atoms with Crippen LogP contribution in [0.4, 0.5) is 4.39 Å². The number of rotatable bonds is 3. The predicted octanol–water partition coefficient (Wildman–Crippen LogP) is 3.41. The number of halogens is 1. The summed E-state index contributed by atoms with van der Waals surface area (Å²) >= 11 is 0. The molecule has 1 aromatic carbocycles. The summed E-state index contributed by atoms with van der Waals surface area (Å²) in [5.41, 5.74) is 4.18. The molecule has 4 aromatic rings. The maximum atomic E-state index is 14.1. The standard InChI is InChI=1S/C20H13FN4O/c21-15-6-2-5-14-13(9-18(26)24-19(14)15)11-25-17(12-3-1-4-12)10-16-20(25)23-8-7-22-16/h1-10H,11H2,(H,24,26). The Hall–Kier alpha value is -3.54. The van der Waals surface area contributed by atoms with E-state index in [1.54, 1.807) is 18.5 Å². The van der Waals surface area contributed by atoms with Crippen LogP contribution >= 0.6 is 0 Å². The van der Waals surface area contributed by atoms with E-state index >= 15 is 0 Å². The van der Waals surface area contributed by atoms with Gasteiger partial charge < -0.3 is 9.55 Å². The van der Waals surface area contributed by atoms with Crippen molar-refractivity contribution in [2.75, 3.05) is 0 Å². The number of allylic oxidation sites excluding steroid dienone is 4. The topological polar surface area (TPSA) is 63.6 Å². The van der Waals surface area contributed by atoms with Crippen LogP contribution in [0.15, 0.2) is 65.7 Å². The number of para-hydroxylation sites is 1. The highest BCUT2D eigenvalue weighted by atomic mass is 19.1. The third-order valence-electron chi connectivity index (χ3n) is 4.61. The molecule has 126 valence electrons. The van der Waals surface area contributed by atoms with Gasteiger partial charge in [0.05, 0.1) is 17.8 Å². The van der Waals surface area contributed by atoms with Gasteiger partial charge in [-0.3, -0.25) is 9.78 Å². The molecule has 0 saturated heterocycles. The number of benzene rings is 1. The number of nitrogens with one attached hydrogen (secondary N) is 1. The molecular weight excluding hydrogens is 331 g/mol. The van der Waals surface area contributed by atoms with Crippen molar-refractivity contribution >= 4 is 27.6 Å². The van der Waals surface area contributed by atoms with E-state index in [-0.39, 0.29) is 11.1 Å². The Labute approximate surface area is 147 Å². The number of aromatic nitrogens is 4. The first-order valence-corrected chi connectivity index (χ1v) is 8.20. The second-order valence-corrected chi connectivity index (χ2v) is 6.18. The van der Waals surface area contributed by atoms with E-state index in [0.717, 1.165) is 28.0 Å². The van der Waals surface area contributed by atoms with Gasteiger partial charge in [0, 0.05) is 23.8 Å². The second-order valence-electron chi connectivity index (χ2n) is 6.18. The fraction of sp³-hybridized carbons (Fsp3) is 0.0500. The SMILES string of the molecule is O=c1cc(Cn2c(C3=CC=C3)cc3nccnc32)c2cccc(F)c2[nH]1. The summed E-state index contributed by atoms with van der Waals surface area (Å²) in [5.74, 6) is -0.441. The van der Waals surface area contributed by atoms with E-state index in [1.807, 2.05) is 34.9 Å². The molecule has 6 heteroatoms. The van der Waals surface area contributed by atoms with Crippen LogP contribution in [0.5, 0.6) is 0 Å². The number of hydrogen-bond acceptors (Lipinski definition) is 3. The molecule has 3 aromatic heterocycles.